The molecule has 0 saturated carbocycles. The van der Waals surface area contributed by atoms with Crippen molar-refractivity contribution < 1.29 is 28.7 Å². The standard InChI is InChI=1S/C24H15ClN2O7/c1-32-21-13-14(6-11-20(21)33-23(28)17-4-2-3-5-18(17)25)12-19-24(29)34-22(26-19)15-7-9-16(10-8-15)27(30)31/h2-13H,1H3/b19-12-. The number of non-ortho nitro benzene ring substituents is 1. The van der Waals surface area contributed by atoms with Gasteiger partial charge in [0.1, 0.15) is 0 Å². The fraction of sp³-hybridized carbons (Fsp3) is 0.0417. The molecule has 3 aromatic carbocycles. The van der Waals surface area contributed by atoms with Gasteiger partial charge in [-0.05, 0) is 48.0 Å². The summed E-state index contributed by atoms with van der Waals surface area (Å²) in [6.07, 6.45) is 1.48. The van der Waals surface area contributed by atoms with Gasteiger partial charge in [-0.2, -0.15) is 0 Å². The lowest BCUT2D eigenvalue weighted by Crippen LogP contribution is -2.09. The lowest BCUT2D eigenvalue weighted by atomic mass is 10.1. The molecular formula is C24H15ClN2O7. The molecule has 10 heteroatoms. The van der Waals surface area contributed by atoms with E-state index in [1.807, 2.05) is 0 Å². The number of benzene rings is 3. The number of hydrogen-bond donors (Lipinski definition) is 0. The lowest BCUT2D eigenvalue weighted by Gasteiger charge is -2.10. The van der Waals surface area contributed by atoms with Gasteiger partial charge in [-0.1, -0.05) is 29.8 Å². The maximum atomic E-state index is 12.4. The van der Waals surface area contributed by atoms with Crippen molar-refractivity contribution in [3.63, 3.8) is 0 Å². The van der Waals surface area contributed by atoms with Crippen LogP contribution in [0, 0.1) is 10.1 Å². The van der Waals surface area contributed by atoms with E-state index in [4.69, 9.17) is 25.8 Å². The maximum absolute atomic E-state index is 12.4. The number of halogens is 1. The fourth-order valence-corrected chi connectivity index (χ4v) is 3.27. The number of aliphatic imine (C=N–C) groups is 1. The number of nitro benzene ring substituents is 1. The van der Waals surface area contributed by atoms with E-state index < -0.39 is 16.9 Å². The van der Waals surface area contributed by atoms with E-state index >= 15 is 0 Å². The summed E-state index contributed by atoms with van der Waals surface area (Å²) in [5, 5.41) is 11.1. The van der Waals surface area contributed by atoms with Crippen LogP contribution in [0.5, 0.6) is 11.5 Å². The Morgan fingerprint density at radius 1 is 1.09 bits per heavy atom. The van der Waals surface area contributed by atoms with E-state index in [1.165, 1.54) is 43.5 Å². The molecule has 3 aromatic rings. The number of methoxy groups -OCH3 is 1. The van der Waals surface area contributed by atoms with Crippen molar-refractivity contribution in [3.05, 3.63) is 104 Å². The zero-order valence-corrected chi connectivity index (χ0v) is 18.3. The summed E-state index contributed by atoms with van der Waals surface area (Å²) in [5.74, 6) is -0.879. The highest BCUT2D eigenvalue weighted by Crippen LogP contribution is 2.31. The van der Waals surface area contributed by atoms with Gasteiger partial charge < -0.3 is 14.2 Å². The maximum Gasteiger partial charge on any atom is 0.363 e. The third-order valence-corrected chi connectivity index (χ3v) is 5.06. The van der Waals surface area contributed by atoms with Gasteiger partial charge >= 0.3 is 11.9 Å². The average Bonchev–Trinajstić information content (AvgIpc) is 3.20. The number of esters is 2. The van der Waals surface area contributed by atoms with Gasteiger partial charge in [0.2, 0.25) is 5.90 Å². The van der Waals surface area contributed by atoms with Crippen LogP contribution in [-0.2, 0) is 9.53 Å². The summed E-state index contributed by atoms with van der Waals surface area (Å²) in [5.41, 5.74) is 1.10. The van der Waals surface area contributed by atoms with Gasteiger partial charge in [0, 0.05) is 17.7 Å². The largest absolute Gasteiger partial charge is 0.493 e. The van der Waals surface area contributed by atoms with E-state index in [1.54, 1.807) is 36.4 Å². The number of carbonyl (C=O) groups excluding carboxylic acids is 2. The first kappa shape index (κ1) is 22.7. The molecule has 1 heterocycles. The van der Waals surface area contributed by atoms with Crippen molar-refractivity contribution in [1.82, 2.24) is 0 Å². The Kier molecular flexibility index (Phi) is 6.37. The highest BCUT2D eigenvalue weighted by Gasteiger charge is 2.25. The molecule has 0 aromatic heterocycles. The van der Waals surface area contributed by atoms with Crippen LogP contribution in [0.15, 0.2) is 77.4 Å². The van der Waals surface area contributed by atoms with Crippen LogP contribution in [0.1, 0.15) is 21.5 Å². The van der Waals surface area contributed by atoms with Crippen molar-refractivity contribution >= 4 is 41.2 Å². The second-order valence-electron chi connectivity index (χ2n) is 6.92. The summed E-state index contributed by atoms with van der Waals surface area (Å²) in [4.78, 5) is 39.2. The molecule has 1 aliphatic rings. The third kappa shape index (κ3) is 4.79. The van der Waals surface area contributed by atoms with Crippen LogP contribution in [0.3, 0.4) is 0 Å². The predicted molar refractivity (Wildman–Crippen MR) is 123 cm³/mol. The van der Waals surface area contributed by atoms with E-state index in [2.05, 4.69) is 4.99 Å². The number of hydrogen-bond acceptors (Lipinski definition) is 8. The summed E-state index contributed by atoms with van der Waals surface area (Å²) in [6, 6.07) is 16.7. The second kappa shape index (κ2) is 9.55. The summed E-state index contributed by atoms with van der Waals surface area (Å²) < 4.78 is 15.9. The Morgan fingerprint density at radius 3 is 2.50 bits per heavy atom. The zero-order valence-electron chi connectivity index (χ0n) is 17.6. The van der Waals surface area contributed by atoms with Crippen LogP contribution in [0.4, 0.5) is 5.69 Å². The number of ether oxygens (including phenoxy) is 3. The van der Waals surface area contributed by atoms with Gasteiger partial charge in [-0.3, -0.25) is 10.1 Å². The molecule has 0 fully saturated rings. The molecule has 0 atom stereocenters. The molecule has 0 amide bonds. The van der Waals surface area contributed by atoms with Gasteiger partial charge in [-0.15, -0.1) is 0 Å². The van der Waals surface area contributed by atoms with Crippen LogP contribution in [0.25, 0.3) is 6.08 Å². The molecule has 4 rings (SSSR count). The van der Waals surface area contributed by atoms with Crippen molar-refractivity contribution in [2.75, 3.05) is 7.11 Å². The van der Waals surface area contributed by atoms with E-state index in [0.717, 1.165) is 0 Å². The molecule has 0 radical (unpaired) electrons. The molecule has 9 nitrogen and oxygen atoms in total. The molecule has 0 unspecified atom stereocenters. The third-order valence-electron chi connectivity index (χ3n) is 4.73. The zero-order chi connectivity index (χ0) is 24.2. The Bertz CT molecular complexity index is 1360. The minimum Gasteiger partial charge on any atom is -0.493 e. The minimum absolute atomic E-state index is 0.0243. The number of nitrogens with zero attached hydrogens (tertiary/aromatic N) is 2. The van der Waals surface area contributed by atoms with E-state index in [0.29, 0.717) is 11.1 Å². The smallest absolute Gasteiger partial charge is 0.363 e. The molecule has 1 aliphatic heterocycles. The summed E-state index contributed by atoms with van der Waals surface area (Å²) in [6.45, 7) is 0. The Labute approximate surface area is 198 Å². The van der Waals surface area contributed by atoms with Gasteiger partial charge in [-0.25, -0.2) is 14.6 Å². The summed E-state index contributed by atoms with van der Waals surface area (Å²) in [7, 11) is 1.41. The topological polar surface area (TPSA) is 117 Å². The highest BCUT2D eigenvalue weighted by atomic mass is 35.5. The van der Waals surface area contributed by atoms with Gasteiger partial charge in [0.25, 0.3) is 5.69 Å². The number of rotatable bonds is 6. The first-order valence-electron chi connectivity index (χ1n) is 9.78. The van der Waals surface area contributed by atoms with Crippen molar-refractivity contribution in [2.45, 2.75) is 0 Å². The first-order chi connectivity index (χ1) is 16.4. The SMILES string of the molecule is COc1cc(/C=C2\N=C(c3ccc([N+](=O)[O-])cc3)OC2=O)ccc1OC(=O)c1ccccc1Cl. The predicted octanol–water partition coefficient (Wildman–Crippen LogP) is 4.82. The normalized spacial score (nSPS) is 13.9. The quantitative estimate of drug-likeness (QED) is 0.164. The molecule has 170 valence electrons. The van der Waals surface area contributed by atoms with E-state index in [-0.39, 0.29) is 39.4 Å². The first-order valence-corrected chi connectivity index (χ1v) is 10.2. The number of cyclic esters (lactones) is 1. The average molecular weight is 479 g/mol. The molecular weight excluding hydrogens is 464 g/mol. The monoisotopic (exact) mass is 478 g/mol. The second-order valence-corrected chi connectivity index (χ2v) is 7.33. The van der Waals surface area contributed by atoms with Crippen LogP contribution in [-0.4, -0.2) is 29.9 Å². The highest BCUT2D eigenvalue weighted by molar-refractivity contribution is 6.33. The molecule has 0 bridgehead atoms. The van der Waals surface area contributed by atoms with Crippen molar-refractivity contribution in [3.8, 4) is 11.5 Å². The summed E-state index contributed by atoms with van der Waals surface area (Å²) >= 11 is 6.04. The molecule has 0 saturated heterocycles. The molecule has 0 N–H and O–H groups in total. The van der Waals surface area contributed by atoms with E-state index in [9.17, 15) is 19.7 Å². The Balaban J connectivity index is 1.57. The van der Waals surface area contributed by atoms with Gasteiger partial charge in [0.05, 0.1) is 22.6 Å². The number of nitro groups is 1. The molecule has 0 spiro atoms. The molecule has 34 heavy (non-hydrogen) atoms. The Morgan fingerprint density at radius 2 is 1.82 bits per heavy atom. The van der Waals surface area contributed by atoms with Crippen LogP contribution in [0.2, 0.25) is 5.02 Å². The van der Waals surface area contributed by atoms with Gasteiger partial charge in [0.15, 0.2) is 17.2 Å². The van der Waals surface area contributed by atoms with Crippen LogP contribution < -0.4 is 9.47 Å². The fourth-order valence-electron chi connectivity index (χ4n) is 3.06. The number of carbonyl (C=O) groups is 2. The minimum atomic E-state index is -0.679. The molecule has 0 aliphatic carbocycles. The lowest BCUT2D eigenvalue weighted by molar-refractivity contribution is -0.384. The van der Waals surface area contributed by atoms with Crippen LogP contribution >= 0.6 is 11.6 Å². The van der Waals surface area contributed by atoms with Crippen molar-refractivity contribution in [1.29, 1.82) is 0 Å². The Hall–Kier alpha value is -4.50. The van der Waals surface area contributed by atoms with Crippen molar-refractivity contribution in [2.24, 2.45) is 4.99 Å².